The third-order valence-electron chi connectivity index (χ3n) is 3.07. The van der Waals surface area contributed by atoms with Crippen molar-refractivity contribution in [3.63, 3.8) is 0 Å². The lowest BCUT2D eigenvalue weighted by Crippen LogP contribution is -2.04. The fourth-order valence-corrected chi connectivity index (χ4v) is 2.59. The monoisotopic (exact) mass is 435 g/mol. The van der Waals surface area contributed by atoms with Crippen LogP contribution in [0, 0.1) is 0 Å². The first-order valence-electron chi connectivity index (χ1n) is 7.07. The zero-order valence-electron chi connectivity index (χ0n) is 13.2. The van der Waals surface area contributed by atoms with Crippen LogP contribution in [0.5, 0.6) is 0 Å². The molecule has 0 atom stereocenters. The van der Waals surface area contributed by atoms with Crippen LogP contribution in [-0.4, -0.2) is 23.4 Å². The number of aromatic nitrogens is 3. The number of hydrogen-bond acceptors (Lipinski definition) is 5. The van der Waals surface area contributed by atoms with Gasteiger partial charge in [-0.15, -0.1) is 0 Å². The first-order valence-corrected chi connectivity index (χ1v) is 9.76. The van der Waals surface area contributed by atoms with Crippen molar-refractivity contribution in [2.75, 3.05) is 0 Å². The Kier molecular flexibility index (Phi) is 6.74. The maximum absolute atomic E-state index is 12.3. The van der Waals surface area contributed by atoms with Gasteiger partial charge in [-0.05, 0) is 30.3 Å². The summed E-state index contributed by atoms with van der Waals surface area (Å²) in [7, 11) is 1.33. The smallest absolute Gasteiger partial charge is 0.245 e. The highest BCUT2D eigenvalue weighted by molar-refractivity contribution is 8.13. The third-order valence-corrected chi connectivity index (χ3v) is 4.63. The molecule has 1 aromatic carbocycles. The molecule has 5 nitrogen and oxygen atoms in total. The van der Waals surface area contributed by atoms with Crippen LogP contribution in [0.25, 0.3) is 11.3 Å². The van der Waals surface area contributed by atoms with Crippen LogP contribution >= 0.6 is 22.3 Å². The van der Waals surface area contributed by atoms with Crippen LogP contribution in [0.4, 0.5) is 13.2 Å². The molecule has 3 rings (SSSR count). The van der Waals surface area contributed by atoms with Crippen molar-refractivity contribution in [3.8, 4) is 11.3 Å². The number of alkyl halides is 3. The van der Waals surface area contributed by atoms with E-state index in [4.69, 9.17) is 22.3 Å². The van der Waals surface area contributed by atoms with E-state index >= 15 is 0 Å². The van der Waals surface area contributed by atoms with Gasteiger partial charge in [0.15, 0.2) is 0 Å². The second kappa shape index (κ2) is 8.64. The van der Waals surface area contributed by atoms with Gasteiger partial charge in [-0.1, -0.05) is 23.7 Å². The summed E-state index contributed by atoms with van der Waals surface area (Å²) in [5, 5.41) is 0.231. The fraction of sp³-hybridized carbons (Fsp3) is 0.0625. The molecule has 0 aliphatic carbocycles. The lowest BCUT2D eigenvalue weighted by molar-refractivity contribution is -0.137. The summed E-state index contributed by atoms with van der Waals surface area (Å²) in [5.74, 6) is 0. The van der Waals surface area contributed by atoms with E-state index in [-0.39, 0.29) is 10.0 Å². The average Bonchev–Trinajstić information content (AvgIpc) is 2.62. The Hall–Kier alpha value is -2.23. The first-order chi connectivity index (χ1) is 12.6. The summed E-state index contributed by atoms with van der Waals surface area (Å²) in [5.41, 5.74) is 0.574. The van der Waals surface area contributed by atoms with Gasteiger partial charge in [0.05, 0.1) is 11.3 Å². The van der Waals surface area contributed by atoms with Crippen molar-refractivity contribution < 1.29 is 21.6 Å². The van der Waals surface area contributed by atoms with E-state index < -0.39 is 20.8 Å². The molecular formula is C16H10Cl2F3N3O2S. The van der Waals surface area contributed by atoms with Gasteiger partial charge in [0, 0.05) is 28.6 Å². The summed E-state index contributed by atoms with van der Waals surface area (Å²) in [4.78, 5) is 11.2. The summed E-state index contributed by atoms with van der Waals surface area (Å²) in [6, 6.07) is 9.16. The molecule has 2 heterocycles. The second-order valence-corrected chi connectivity index (χ2v) is 7.88. The van der Waals surface area contributed by atoms with Gasteiger partial charge in [-0.3, -0.25) is 0 Å². The van der Waals surface area contributed by atoms with Gasteiger partial charge in [0.2, 0.25) is 0 Å². The van der Waals surface area contributed by atoms with Crippen molar-refractivity contribution in [2.45, 2.75) is 11.1 Å². The minimum Gasteiger partial charge on any atom is -0.245 e. The van der Waals surface area contributed by atoms with Crippen molar-refractivity contribution in [1.82, 2.24) is 15.0 Å². The highest BCUT2D eigenvalue weighted by Crippen LogP contribution is 2.30. The Morgan fingerprint density at radius 1 is 0.926 bits per heavy atom. The van der Waals surface area contributed by atoms with Crippen LogP contribution in [0.1, 0.15) is 5.56 Å². The van der Waals surface area contributed by atoms with Gasteiger partial charge >= 0.3 is 6.18 Å². The van der Waals surface area contributed by atoms with Crippen LogP contribution in [0.15, 0.2) is 66.1 Å². The molecule has 0 saturated carbocycles. The molecule has 0 fully saturated rings. The highest BCUT2D eigenvalue weighted by atomic mass is 35.7. The summed E-state index contributed by atoms with van der Waals surface area (Å²) >= 11 is 5.41. The van der Waals surface area contributed by atoms with E-state index in [1.807, 2.05) is 0 Å². The van der Waals surface area contributed by atoms with Gasteiger partial charge in [-0.25, -0.2) is 23.4 Å². The molecule has 3 aromatic rings. The standard InChI is InChI=1S/C11H7F3N2.C5H3Cl2NO2S/c12-11(13,14)9-3-1-8(2-4-9)10-5-6-15-7-16-10;6-5-2-1-4(3-8-5)11(7,9)10/h1-7H;1-3H. The molecule has 0 N–H and O–H groups in total. The SMILES string of the molecule is FC(F)(F)c1ccc(-c2ccncn2)cc1.O=S(=O)(Cl)c1ccc(Cl)nc1. The molecule has 11 heteroatoms. The van der Waals surface area contributed by atoms with Gasteiger partial charge < -0.3 is 0 Å². The molecule has 0 unspecified atom stereocenters. The summed E-state index contributed by atoms with van der Waals surface area (Å²) in [6.45, 7) is 0. The molecule has 0 aliphatic rings. The van der Waals surface area contributed by atoms with E-state index in [2.05, 4.69) is 15.0 Å². The molecule has 2 aromatic heterocycles. The quantitative estimate of drug-likeness (QED) is 0.425. The van der Waals surface area contributed by atoms with E-state index in [0.717, 1.165) is 18.3 Å². The minimum atomic E-state index is -4.30. The number of nitrogens with zero attached hydrogens (tertiary/aromatic N) is 3. The first kappa shape index (κ1) is 21.1. The molecule has 27 heavy (non-hydrogen) atoms. The normalized spacial score (nSPS) is 11.4. The molecule has 0 saturated heterocycles. The largest absolute Gasteiger partial charge is 0.416 e. The molecule has 0 amide bonds. The van der Waals surface area contributed by atoms with Crippen LogP contribution in [0.3, 0.4) is 0 Å². The summed E-state index contributed by atoms with van der Waals surface area (Å²) in [6.07, 6.45) is -0.304. The van der Waals surface area contributed by atoms with Crippen LogP contribution in [-0.2, 0) is 15.2 Å². The molecule has 0 aliphatic heterocycles. The van der Waals surface area contributed by atoms with E-state index in [9.17, 15) is 21.6 Å². The number of rotatable bonds is 2. The zero-order valence-corrected chi connectivity index (χ0v) is 15.6. The lowest BCUT2D eigenvalue weighted by Gasteiger charge is -2.06. The van der Waals surface area contributed by atoms with Crippen molar-refractivity contribution in [3.05, 3.63) is 71.9 Å². The fourth-order valence-electron chi connectivity index (χ4n) is 1.80. The average molecular weight is 436 g/mol. The molecule has 0 radical (unpaired) electrons. The van der Waals surface area contributed by atoms with Gasteiger partial charge in [0.1, 0.15) is 16.4 Å². The zero-order chi connectivity index (χ0) is 20.1. The number of benzene rings is 1. The predicted molar refractivity (Wildman–Crippen MR) is 94.8 cm³/mol. The predicted octanol–water partition coefficient (Wildman–Crippen LogP) is 4.82. The maximum atomic E-state index is 12.3. The Labute approximate surface area is 162 Å². The van der Waals surface area contributed by atoms with Gasteiger partial charge in [-0.2, -0.15) is 13.2 Å². The Balaban J connectivity index is 0.000000208. The number of halogens is 5. The second-order valence-electron chi connectivity index (χ2n) is 4.92. The number of hydrogen-bond donors (Lipinski definition) is 0. The molecule has 142 valence electrons. The topological polar surface area (TPSA) is 72.8 Å². The van der Waals surface area contributed by atoms with Crippen molar-refractivity contribution >= 4 is 31.3 Å². The van der Waals surface area contributed by atoms with Crippen molar-refractivity contribution in [1.29, 1.82) is 0 Å². The third kappa shape index (κ3) is 6.46. The highest BCUT2D eigenvalue weighted by Gasteiger charge is 2.29. The lowest BCUT2D eigenvalue weighted by atomic mass is 10.1. The van der Waals surface area contributed by atoms with Gasteiger partial charge in [0.25, 0.3) is 9.05 Å². The van der Waals surface area contributed by atoms with Crippen molar-refractivity contribution in [2.24, 2.45) is 0 Å². The van der Waals surface area contributed by atoms with E-state index in [1.54, 1.807) is 12.3 Å². The summed E-state index contributed by atoms with van der Waals surface area (Å²) < 4.78 is 58.1. The van der Waals surface area contributed by atoms with E-state index in [0.29, 0.717) is 11.3 Å². The van der Waals surface area contributed by atoms with Crippen LogP contribution < -0.4 is 0 Å². The Bertz CT molecular complexity index is 982. The Morgan fingerprint density at radius 3 is 2.04 bits per heavy atom. The Morgan fingerprint density at radius 2 is 1.59 bits per heavy atom. The molecule has 0 bridgehead atoms. The number of pyridine rings is 1. The molecule has 0 spiro atoms. The van der Waals surface area contributed by atoms with E-state index in [1.165, 1.54) is 30.6 Å². The maximum Gasteiger partial charge on any atom is 0.416 e. The molecular weight excluding hydrogens is 426 g/mol. The minimum absolute atomic E-state index is 0.0523. The van der Waals surface area contributed by atoms with Crippen LogP contribution in [0.2, 0.25) is 5.15 Å².